The Morgan fingerprint density at radius 1 is 1.16 bits per heavy atom. The maximum atomic E-state index is 11.7. The summed E-state index contributed by atoms with van der Waals surface area (Å²) < 4.78 is 17.0. The van der Waals surface area contributed by atoms with Crippen molar-refractivity contribution in [1.29, 1.82) is 0 Å². The van der Waals surface area contributed by atoms with E-state index in [0.29, 0.717) is 0 Å². The minimum atomic E-state index is -0.572. The quantitative estimate of drug-likeness (QED) is 0.634. The third-order valence-electron chi connectivity index (χ3n) is 3.56. The maximum absolute atomic E-state index is 11.7. The van der Waals surface area contributed by atoms with Crippen LogP contribution in [0.4, 0.5) is 0 Å². The van der Waals surface area contributed by atoms with Crippen LogP contribution in [0, 0.1) is 0 Å². The Kier molecular flexibility index (Phi) is 4.63. The van der Waals surface area contributed by atoms with Crippen LogP contribution in [0.5, 0.6) is 0 Å². The van der Waals surface area contributed by atoms with Gasteiger partial charge in [-0.2, -0.15) is 0 Å². The van der Waals surface area contributed by atoms with Gasteiger partial charge < -0.3 is 14.2 Å². The maximum Gasteiger partial charge on any atom is 0.330 e. The minimum Gasteiger partial charge on any atom is -0.460 e. The molecule has 2 aliphatic heterocycles. The number of fused-ring (bicyclic) bond motifs is 1. The molecule has 2 heterocycles. The normalized spacial score (nSPS) is 37.6. The molecule has 0 saturated carbocycles. The van der Waals surface area contributed by atoms with E-state index in [-0.39, 0.29) is 24.3 Å². The monoisotopic (exact) mass is 268 g/mol. The van der Waals surface area contributed by atoms with Crippen molar-refractivity contribution < 1.29 is 19.0 Å². The van der Waals surface area contributed by atoms with Crippen LogP contribution < -0.4 is 0 Å². The highest BCUT2D eigenvalue weighted by molar-refractivity contribution is 5.82. The Morgan fingerprint density at radius 3 is 2.68 bits per heavy atom. The van der Waals surface area contributed by atoms with Crippen molar-refractivity contribution in [3.05, 3.63) is 12.2 Å². The second kappa shape index (κ2) is 6.06. The lowest BCUT2D eigenvalue weighted by atomic mass is 10.0. The van der Waals surface area contributed by atoms with Gasteiger partial charge in [-0.05, 0) is 46.1 Å². The smallest absolute Gasteiger partial charge is 0.330 e. The number of cyclic esters (lactones) is 1. The van der Waals surface area contributed by atoms with Crippen LogP contribution in [0.2, 0.25) is 0 Å². The van der Waals surface area contributed by atoms with E-state index < -0.39 is 5.79 Å². The fourth-order valence-electron chi connectivity index (χ4n) is 2.67. The van der Waals surface area contributed by atoms with Gasteiger partial charge in [-0.1, -0.05) is 12.8 Å². The molecule has 0 aromatic heterocycles. The first kappa shape index (κ1) is 14.5. The van der Waals surface area contributed by atoms with Gasteiger partial charge in [-0.25, -0.2) is 4.79 Å². The Morgan fingerprint density at radius 2 is 1.89 bits per heavy atom. The zero-order valence-electron chi connectivity index (χ0n) is 12.1. The van der Waals surface area contributed by atoms with E-state index >= 15 is 0 Å². The zero-order valence-corrected chi connectivity index (χ0v) is 12.1. The molecular weight excluding hydrogens is 244 g/mol. The zero-order chi connectivity index (χ0) is 13.9. The van der Waals surface area contributed by atoms with Crippen LogP contribution >= 0.6 is 0 Å². The second-order valence-corrected chi connectivity index (χ2v) is 5.88. The molecule has 1 fully saturated rings. The lowest BCUT2D eigenvalue weighted by molar-refractivity contribution is -0.144. The summed E-state index contributed by atoms with van der Waals surface area (Å²) in [7, 11) is 0. The molecule has 0 spiro atoms. The molecular formula is C15H24O4. The van der Waals surface area contributed by atoms with Gasteiger partial charge in [0, 0.05) is 6.08 Å². The molecule has 3 atom stereocenters. The molecule has 1 unspecified atom stereocenters. The predicted molar refractivity (Wildman–Crippen MR) is 71.6 cm³/mol. The summed E-state index contributed by atoms with van der Waals surface area (Å²) in [5.74, 6) is -0.864. The lowest BCUT2D eigenvalue weighted by Crippen LogP contribution is -2.22. The molecule has 19 heavy (non-hydrogen) atoms. The molecule has 2 rings (SSSR count). The molecule has 1 saturated heterocycles. The summed E-state index contributed by atoms with van der Waals surface area (Å²) in [6.45, 7) is 5.76. The molecule has 0 aliphatic carbocycles. The third-order valence-corrected chi connectivity index (χ3v) is 3.56. The Labute approximate surface area is 115 Å². The fourth-order valence-corrected chi connectivity index (χ4v) is 2.67. The summed E-state index contributed by atoms with van der Waals surface area (Å²) in [4.78, 5) is 11.7. The number of rotatable bonds is 0. The van der Waals surface area contributed by atoms with Crippen molar-refractivity contribution in [2.45, 2.75) is 77.0 Å². The van der Waals surface area contributed by atoms with Gasteiger partial charge in [0.25, 0.3) is 0 Å². The molecule has 0 amide bonds. The van der Waals surface area contributed by atoms with E-state index in [2.05, 4.69) is 0 Å². The summed E-state index contributed by atoms with van der Waals surface area (Å²) in [5.41, 5.74) is 0. The lowest BCUT2D eigenvalue weighted by Gasteiger charge is -2.17. The van der Waals surface area contributed by atoms with Gasteiger partial charge in [0.05, 0.1) is 12.2 Å². The average molecular weight is 268 g/mol. The van der Waals surface area contributed by atoms with Crippen molar-refractivity contribution in [2.75, 3.05) is 0 Å². The number of esters is 1. The van der Waals surface area contributed by atoms with Gasteiger partial charge in [0.2, 0.25) is 0 Å². The first-order chi connectivity index (χ1) is 8.96. The highest BCUT2D eigenvalue weighted by Gasteiger charge is 2.39. The topological polar surface area (TPSA) is 44.8 Å². The van der Waals surface area contributed by atoms with Crippen LogP contribution in [0.3, 0.4) is 0 Å². The Bertz CT molecular complexity index is 348. The van der Waals surface area contributed by atoms with Crippen molar-refractivity contribution in [3.63, 3.8) is 0 Å². The number of ether oxygens (including phenoxy) is 3. The average Bonchev–Trinajstić information content (AvgIpc) is 2.59. The van der Waals surface area contributed by atoms with Crippen LogP contribution in [0.25, 0.3) is 0 Å². The molecule has 0 N–H and O–H groups in total. The van der Waals surface area contributed by atoms with E-state index in [0.717, 1.165) is 32.1 Å². The van der Waals surface area contributed by atoms with E-state index in [9.17, 15) is 4.79 Å². The summed E-state index contributed by atoms with van der Waals surface area (Å²) in [5, 5.41) is 0. The molecule has 0 aromatic rings. The SMILES string of the molecule is CC1CCCCC[C@H]2OC(C)(C)O[C@@H]2/C=C/C(=O)O1. The van der Waals surface area contributed by atoms with Crippen LogP contribution in [-0.4, -0.2) is 30.1 Å². The molecule has 0 radical (unpaired) electrons. The summed E-state index contributed by atoms with van der Waals surface area (Å²) in [6, 6.07) is 0. The van der Waals surface area contributed by atoms with Crippen molar-refractivity contribution in [2.24, 2.45) is 0 Å². The van der Waals surface area contributed by atoms with Crippen LogP contribution in [0.15, 0.2) is 12.2 Å². The molecule has 0 bridgehead atoms. The standard InChI is InChI=1S/C15H24O4/c1-11-7-5-4-6-8-12-13(9-10-14(16)17-11)19-15(2,3)18-12/h9-13H,4-8H2,1-3H3/b10-9+/t11?,12-,13-/m1/s1. The number of carbonyl (C=O) groups is 1. The van der Waals surface area contributed by atoms with Crippen molar-refractivity contribution in [1.82, 2.24) is 0 Å². The van der Waals surface area contributed by atoms with Gasteiger partial charge >= 0.3 is 5.97 Å². The van der Waals surface area contributed by atoms with Gasteiger partial charge in [-0.15, -0.1) is 0 Å². The minimum absolute atomic E-state index is 0.00967. The molecule has 0 aromatic carbocycles. The van der Waals surface area contributed by atoms with Crippen LogP contribution in [0.1, 0.15) is 52.9 Å². The predicted octanol–water partition coefficient (Wildman–Crippen LogP) is 2.96. The molecule has 4 nitrogen and oxygen atoms in total. The number of hydrogen-bond acceptors (Lipinski definition) is 4. The molecule has 4 heteroatoms. The van der Waals surface area contributed by atoms with Crippen molar-refractivity contribution >= 4 is 5.97 Å². The van der Waals surface area contributed by atoms with Gasteiger partial charge in [-0.3, -0.25) is 0 Å². The van der Waals surface area contributed by atoms with E-state index in [1.807, 2.05) is 20.8 Å². The van der Waals surface area contributed by atoms with Crippen LogP contribution in [-0.2, 0) is 19.0 Å². The molecule has 2 aliphatic rings. The fraction of sp³-hybridized carbons (Fsp3) is 0.800. The Hall–Kier alpha value is -0.870. The summed E-state index contributed by atoms with van der Waals surface area (Å²) >= 11 is 0. The van der Waals surface area contributed by atoms with Gasteiger partial charge in [0.1, 0.15) is 6.10 Å². The highest BCUT2D eigenvalue weighted by Crippen LogP contribution is 2.32. The largest absolute Gasteiger partial charge is 0.460 e. The number of carbonyl (C=O) groups excluding carboxylic acids is 1. The number of hydrogen-bond donors (Lipinski definition) is 0. The van der Waals surface area contributed by atoms with Crippen molar-refractivity contribution in [3.8, 4) is 0 Å². The third kappa shape index (κ3) is 4.32. The first-order valence-corrected chi connectivity index (χ1v) is 7.21. The first-order valence-electron chi connectivity index (χ1n) is 7.21. The summed E-state index contributed by atoms with van der Waals surface area (Å²) in [6.07, 6.45) is 8.36. The van der Waals surface area contributed by atoms with Gasteiger partial charge in [0.15, 0.2) is 5.79 Å². The highest BCUT2D eigenvalue weighted by atomic mass is 16.7. The molecule has 108 valence electrons. The van der Waals surface area contributed by atoms with E-state index in [1.54, 1.807) is 6.08 Å². The van der Waals surface area contributed by atoms with E-state index in [4.69, 9.17) is 14.2 Å². The second-order valence-electron chi connectivity index (χ2n) is 5.88. The van der Waals surface area contributed by atoms with E-state index in [1.165, 1.54) is 6.08 Å². The Balaban J connectivity index is 2.05.